The Labute approximate surface area is 136 Å². The van der Waals surface area contributed by atoms with Crippen LogP contribution in [0.4, 0.5) is 0 Å². The molecule has 0 unspecified atom stereocenters. The van der Waals surface area contributed by atoms with Crippen LogP contribution in [-0.4, -0.2) is 53.2 Å². The highest BCUT2D eigenvalue weighted by molar-refractivity contribution is 4.92. The number of hydrogen-bond acceptors (Lipinski definition) is 4. The first-order valence-electron chi connectivity index (χ1n) is 8.31. The van der Waals surface area contributed by atoms with Crippen molar-refractivity contribution >= 4 is 0 Å². The molecule has 0 bridgehead atoms. The van der Waals surface area contributed by atoms with Crippen molar-refractivity contribution in [3.05, 3.63) is 25.3 Å². The van der Waals surface area contributed by atoms with Crippen LogP contribution in [-0.2, 0) is 14.2 Å². The molecule has 0 aromatic carbocycles. The Balaban J connectivity index is 3.75. The van der Waals surface area contributed by atoms with Crippen molar-refractivity contribution in [3.63, 3.8) is 0 Å². The Bertz CT molecular complexity index is 259. The van der Waals surface area contributed by atoms with Crippen molar-refractivity contribution in [1.29, 1.82) is 0 Å². The van der Waals surface area contributed by atoms with Crippen LogP contribution < -0.4 is 5.32 Å². The predicted molar refractivity (Wildman–Crippen MR) is 93.4 cm³/mol. The maximum atomic E-state index is 5.54. The topological polar surface area (TPSA) is 39.7 Å². The van der Waals surface area contributed by atoms with Gasteiger partial charge in [0, 0.05) is 20.2 Å². The molecule has 0 aromatic heterocycles. The van der Waals surface area contributed by atoms with Crippen molar-refractivity contribution in [3.8, 4) is 0 Å². The SMILES string of the molecule is C=CCC(CC=C)(CCC)CNCCOCCOCCOC. The fourth-order valence-electron chi connectivity index (χ4n) is 2.63. The van der Waals surface area contributed by atoms with Crippen LogP contribution in [0.5, 0.6) is 0 Å². The molecule has 1 N–H and O–H groups in total. The molecule has 4 nitrogen and oxygen atoms in total. The second-order valence-electron chi connectivity index (χ2n) is 5.63. The third kappa shape index (κ3) is 11.0. The molecule has 0 rings (SSSR count). The number of methoxy groups -OCH3 is 1. The van der Waals surface area contributed by atoms with E-state index >= 15 is 0 Å². The van der Waals surface area contributed by atoms with Crippen molar-refractivity contribution in [1.82, 2.24) is 5.32 Å². The first-order chi connectivity index (χ1) is 10.7. The predicted octanol–water partition coefficient (Wildman–Crippen LogP) is 3.19. The Hall–Kier alpha value is -0.680. The zero-order valence-electron chi connectivity index (χ0n) is 14.6. The maximum Gasteiger partial charge on any atom is 0.0701 e. The summed E-state index contributed by atoms with van der Waals surface area (Å²) in [6.45, 7) is 15.1. The lowest BCUT2D eigenvalue weighted by Gasteiger charge is -2.32. The van der Waals surface area contributed by atoms with E-state index in [1.165, 1.54) is 12.8 Å². The van der Waals surface area contributed by atoms with Gasteiger partial charge >= 0.3 is 0 Å². The molecule has 0 amide bonds. The van der Waals surface area contributed by atoms with E-state index in [4.69, 9.17) is 14.2 Å². The van der Waals surface area contributed by atoms with Crippen molar-refractivity contribution in [2.75, 3.05) is 53.2 Å². The minimum Gasteiger partial charge on any atom is -0.382 e. The minimum atomic E-state index is 0.252. The maximum absolute atomic E-state index is 5.54. The summed E-state index contributed by atoms with van der Waals surface area (Å²) in [6.07, 6.45) is 8.45. The van der Waals surface area contributed by atoms with Gasteiger partial charge in [-0.3, -0.25) is 0 Å². The highest BCUT2D eigenvalue weighted by Crippen LogP contribution is 2.32. The third-order valence-corrected chi connectivity index (χ3v) is 3.66. The molecule has 0 fully saturated rings. The normalized spacial score (nSPS) is 11.5. The number of rotatable bonds is 17. The van der Waals surface area contributed by atoms with E-state index in [0.717, 1.165) is 25.9 Å². The molecule has 0 aromatic rings. The van der Waals surface area contributed by atoms with Gasteiger partial charge in [0.1, 0.15) is 0 Å². The van der Waals surface area contributed by atoms with E-state index in [-0.39, 0.29) is 5.41 Å². The molecule has 0 saturated heterocycles. The summed E-state index contributed by atoms with van der Waals surface area (Å²) >= 11 is 0. The van der Waals surface area contributed by atoms with Crippen LogP contribution >= 0.6 is 0 Å². The Morgan fingerprint density at radius 1 is 0.955 bits per heavy atom. The van der Waals surface area contributed by atoms with Gasteiger partial charge in [0.15, 0.2) is 0 Å². The number of hydrogen-bond donors (Lipinski definition) is 1. The molecule has 22 heavy (non-hydrogen) atoms. The van der Waals surface area contributed by atoms with Crippen LogP contribution in [0.15, 0.2) is 25.3 Å². The number of ether oxygens (including phenoxy) is 3. The van der Waals surface area contributed by atoms with Gasteiger partial charge in [0.25, 0.3) is 0 Å². The van der Waals surface area contributed by atoms with Gasteiger partial charge in [-0.15, -0.1) is 13.2 Å². The molecule has 0 atom stereocenters. The van der Waals surface area contributed by atoms with Gasteiger partial charge in [0.05, 0.1) is 33.0 Å². The Morgan fingerprint density at radius 2 is 1.55 bits per heavy atom. The van der Waals surface area contributed by atoms with E-state index in [9.17, 15) is 0 Å². The fourth-order valence-corrected chi connectivity index (χ4v) is 2.63. The molecular formula is C18H35NO3. The van der Waals surface area contributed by atoms with Crippen LogP contribution in [0.25, 0.3) is 0 Å². The van der Waals surface area contributed by atoms with E-state index in [1.807, 2.05) is 12.2 Å². The zero-order chi connectivity index (χ0) is 16.5. The smallest absolute Gasteiger partial charge is 0.0701 e. The second-order valence-corrected chi connectivity index (χ2v) is 5.63. The van der Waals surface area contributed by atoms with Crippen molar-refractivity contribution in [2.45, 2.75) is 32.6 Å². The quantitative estimate of drug-likeness (QED) is 0.331. The minimum absolute atomic E-state index is 0.252. The highest BCUT2D eigenvalue weighted by Gasteiger charge is 2.25. The average molecular weight is 313 g/mol. The molecule has 0 saturated carbocycles. The van der Waals surface area contributed by atoms with E-state index in [0.29, 0.717) is 33.0 Å². The molecule has 0 aliphatic heterocycles. The van der Waals surface area contributed by atoms with Gasteiger partial charge < -0.3 is 19.5 Å². The van der Waals surface area contributed by atoms with Gasteiger partial charge in [-0.2, -0.15) is 0 Å². The molecule has 0 radical (unpaired) electrons. The van der Waals surface area contributed by atoms with Gasteiger partial charge in [-0.1, -0.05) is 25.5 Å². The lowest BCUT2D eigenvalue weighted by atomic mass is 9.77. The molecular weight excluding hydrogens is 278 g/mol. The van der Waals surface area contributed by atoms with E-state index in [1.54, 1.807) is 7.11 Å². The lowest BCUT2D eigenvalue weighted by Crippen LogP contribution is -2.35. The standard InChI is InChI=1S/C18H35NO3/c1-5-8-18(9-6-2,10-7-3)17-19-11-12-21-15-16-22-14-13-20-4/h5-6,19H,1-2,7-17H2,3-4H3. The summed E-state index contributed by atoms with van der Waals surface area (Å²) in [5, 5.41) is 3.51. The fraction of sp³-hybridized carbons (Fsp3) is 0.778. The first-order valence-corrected chi connectivity index (χ1v) is 8.31. The molecule has 0 spiro atoms. The number of allylic oxidation sites excluding steroid dienone is 2. The summed E-state index contributed by atoms with van der Waals surface area (Å²) in [5.74, 6) is 0. The molecule has 0 aliphatic rings. The average Bonchev–Trinajstić information content (AvgIpc) is 2.50. The largest absolute Gasteiger partial charge is 0.382 e. The lowest BCUT2D eigenvalue weighted by molar-refractivity contribution is 0.0251. The summed E-state index contributed by atoms with van der Waals surface area (Å²) < 4.78 is 15.8. The monoisotopic (exact) mass is 313 g/mol. The zero-order valence-corrected chi connectivity index (χ0v) is 14.6. The summed E-state index contributed by atoms with van der Waals surface area (Å²) in [7, 11) is 1.67. The highest BCUT2D eigenvalue weighted by atomic mass is 16.5. The molecule has 0 aliphatic carbocycles. The second kappa shape index (κ2) is 15.2. The summed E-state index contributed by atoms with van der Waals surface area (Å²) in [4.78, 5) is 0. The summed E-state index contributed by atoms with van der Waals surface area (Å²) in [5.41, 5.74) is 0.252. The van der Waals surface area contributed by atoms with Crippen molar-refractivity contribution < 1.29 is 14.2 Å². The van der Waals surface area contributed by atoms with Crippen LogP contribution in [0, 0.1) is 5.41 Å². The van der Waals surface area contributed by atoms with E-state index in [2.05, 4.69) is 25.4 Å². The van der Waals surface area contributed by atoms with Gasteiger partial charge in [0.2, 0.25) is 0 Å². The van der Waals surface area contributed by atoms with Crippen molar-refractivity contribution in [2.24, 2.45) is 5.41 Å². The van der Waals surface area contributed by atoms with Gasteiger partial charge in [-0.05, 0) is 24.7 Å². The summed E-state index contributed by atoms with van der Waals surface area (Å²) in [6, 6.07) is 0. The molecule has 130 valence electrons. The number of nitrogens with one attached hydrogen (secondary N) is 1. The van der Waals surface area contributed by atoms with Crippen LogP contribution in [0.1, 0.15) is 32.6 Å². The van der Waals surface area contributed by atoms with Crippen LogP contribution in [0.2, 0.25) is 0 Å². The first kappa shape index (κ1) is 21.3. The van der Waals surface area contributed by atoms with Gasteiger partial charge in [-0.25, -0.2) is 0 Å². The molecule has 4 heteroatoms. The Kier molecular flexibility index (Phi) is 14.8. The molecule has 0 heterocycles. The Morgan fingerprint density at radius 3 is 2.09 bits per heavy atom. The third-order valence-electron chi connectivity index (χ3n) is 3.66. The van der Waals surface area contributed by atoms with Crippen LogP contribution in [0.3, 0.4) is 0 Å². The van der Waals surface area contributed by atoms with E-state index < -0.39 is 0 Å².